The molecule has 0 N–H and O–H groups in total. The third-order valence-electron chi connectivity index (χ3n) is 4.74. The maximum atomic E-state index is 12.7. The summed E-state index contributed by atoms with van der Waals surface area (Å²) in [6, 6.07) is 3.96. The number of carbonyl (C=O) groups excluding carboxylic acids is 2. The number of carbonyl (C=O) groups is 2. The van der Waals surface area contributed by atoms with Crippen LogP contribution in [0.5, 0.6) is 0 Å². The van der Waals surface area contributed by atoms with Gasteiger partial charge in [0.1, 0.15) is 4.83 Å². The lowest BCUT2D eigenvalue weighted by atomic mass is 9.88. The molecular weight excluding hydrogens is 334 g/mol. The largest absolute Gasteiger partial charge is 0.344 e. The van der Waals surface area contributed by atoms with Crippen LogP contribution in [0.1, 0.15) is 47.8 Å². The number of likely N-dealkylation sites (tertiary alicyclic amines) is 1. The zero-order valence-electron chi connectivity index (χ0n) is 15.3. The van der Waals surface area contributed by atoms with Gasteiger partial charge in [-0.3, -0.25) is 9.59 Å². The fraction of sp³-hybridized carbons (Fsp3) is 0.526. The number of fused-ring (bicyclic) bond motifs is 1. The number of pyridine rings is 1. The van der Waals surface area contributed by atoms with Gasteiger partial charge in [0.25, 0.3) is 5.91 Å². The topological polar surface area (TPSA) is 53.5 Å². The number of amides is 2. The molecule has 1 atom stereocenters. The average molecular weight is 359 g/mol. The second-order valence-electron chi connectivity index (χ2n) is 7.18. The van der Waals surface area contributed by atoms with Crippen LogP contribution in [0, 0.1) is 5.92 Å². The highest BCUT2D eigenvalue weighted by atomic mass is 32.1. The van der Waals surface area contributed by atoms with Crippen LogP contribution in [0.25, 0.3) is 10.2 Å². The molecule has 6 heteroatoms. The smallest absolute Gasteiger partial charge is 0.263 e. The lowest BCUT2D eigenvalue weighted by molar-refractivity contribution is -0.135. The van der Waals surface area contributed by atoms with Crippen molar-refractivity contribution >= 4 is 33.4 Å². The van der Waals surface area contributed by atoms with E-state index in [9.17, 15) is 9.59 Å². The van der Waals surface area contributed by atoms with Crippen molar-refractivity contribution in [2.75, 3.05) is 27.2 Å². The molecule has 0 aromatic carbocycles. The van der Waals surface area contributed by atoms with E-state index in [1.54, 1.807) is 25.2 Å². The summed E-state index contributed by atoms with van der Waals surface area (Å²) in [5, 5.41) is 1.06. The van der Waals surface area contributed by atoms with Gasteiger partial charge in [0.15, 0.2) is 0 Å². The normalized spacial score (nSPS) is 18.0. The first kappa shape index (κ1) is 17.9. The highest BCUT2D eigenvalue weighted by Crippen LogP contribution is 2.39. The quantitative estimate of drug-likeness (QED) is 0.844. The third kappa shape index (κ3) is 3.40. The third-order valence-corrected chi connectivity index (χ3v) is 5.86. The summed E-state index contributed by atoms with van der Waals surface area (Å²) in [5.74, 6) is 0.406. The average Bonchev–Trinajstić information content (AvgIpc) is 2.99. The first-order valence-corrected chi connectivity index (χ1v) is 9.59. The molecule has 0 saturated carbocycles. The number of aromatic nitrogens is 1. The monoisotopic (exact) mass is 359 g/mol. The summed E-state index contributed by atoms with van der Waals surface area (Å²) in [5.41, 5.74) is 1.08. The van der Waals surface area contributed by atoms with Crippen LogP contribution in [0.4, 0.5) is 0 Å². The molecule has 2 amide bonds. The number of rotatable bonds is 3. The van der Waals surface area contributed by atoms with Crippen molar-refractivity contribution in [3.63, 3.8) is 0 Å². The van der Waals surface area contributed by atoms with Crippen LogP contribution < -0.4 is 0 Å². The van der Waals surface area contributed by atoms with Crippen molar-refractivity contribution < 1.29 is 9.59 Å². The summed E-state index contributed by atoms with van der Waals surface area (Å²) in [6.45, 7) is 5.38. The van der Waals surface area contributed by atoms with Gasteiger partial charge in [0, 0.05) is 50.6 Å². The summed E-state index contributed by atoms with van der Waals surface area (Å²) in [4.78, 5) is 34.9. The Morgan fingerprint density at radius 2 is 2.12 bits per heavy atom. The second-order valence-corrected chi connectivity index (χ2v) is 8.18. The SMILES string of the molecule is CC(C)C(=O)N1CCC[C@H](c2c(C(=O)N(C)C)sc3ncccc23)C1. The Morgan fingerprint density at radius 3 is 2.80 bits per heavy atom. The van der Waals surface area contributed by atoms with E-state index in [-0.39, 0.29) is 23.7 Å². The molecule has 1 aliphatic heterocycles. The fourth-order valence-corrected chi connectivity index (χ4v) is 4.75. The van der Waals surface area contributed by atoms with Gasteiger partial charge >= 0.3 is 0 Å². The molecule has 0 radical (unpaired) electrons. The van der Waals surface area contributed by atoms with Gasteiger partial charge in [-0.15, -0.1) is 11.3 Å². The molecule has 1 saturated heterocycles. The van der Waals surface area contributed by atoms with E-state index in [1.807, 2.05) is 30.9 Å². The van der Waals surface area contributed by atoms with E-state index < -0.39 is 0 Å². The van der Waals surface area contributed by atoms with Crippen LogP contribution in [0.3, 0.4) is 0 Å². The Morgan fingerprint density at radius 1 is 1.36 bits per heavy atom. The van der Waals surface area contributed by atoms with Gasteiger partial charge in [-0.1, -0.05) is 19.9 Å². The van der Waals surface area contributed by atoms with Crippen LogP contribution in [-0.2, 0) is 4.79 Å². The van der Waals surface area contributed by atoms with E-state index in [4.69, 9.17) is 0 Å². The molecule has 25 heavy (non-hydrogen) atoms. The molecule has 1 fully saturated rings. The van der Waals surface area contributed by atoms with Crippen molar-refractivity contribution in [3.05, 3.63) is 28.8 Å². The molecule has 0 bridgehead atoms. The Bertz CT molecular complexity index is 797. The van der Waals surface area contributed by atoms with E-state index in [2.05, 4.69) is 4.98 Å². The molecule has 0 unspecified atom stereocenters. The molecule has 134 valence electrons. The van der Waals surface area contributed by atoms with Crippen molar-refractivity contribution in [3.8, 4) is 0 Å². The van der Waals surface area contributed by atoms with Crippen molar-refractivity contribution in [1.29, 1.82) is 0 Å². The standard InChI is InChI=1S/C19H25N3O2S/c1-12(2)18(23)22-10-6-7-13(11-22)15-14-8-5-9-20-17(14)25-16(15)19(24)21(3)4/h5,8-9,12-13H,6-7,10-11H2,1-4H3/t13-/m0/s1. The maximum Gasteiger partial charge on any atom is 0.263 e. The predicted octanol–water partition coefficient (Wildman–Crippen LogP) is 3.36. The zero-order valence-corrected chi connectivity index (χ0v) is 16.1. The number of nitrogens with zero attached hydrogens (tertiary/aromatic N) is 3. The maximum absolute atomic E-state index is 12.7. The number of hydrogen-bond acceptors (Lipinski definition) is 4. The lowest BCUT2D eigenvalue weighted by Gasteiger charge is -2.34. The molecule has 5 nitrogen and oxygen atoms in total. The molecule has 2 aromatic rings. The summed E-state index contributed by atoms with van der Waals surface area (Å²) < 4.78 is 0. The minimum absolute atomic E-state index is 0.00233. The van der Waals surface area contributed by atoms with E-state index in [0.717, 1.165) is 40.0 Å². The van der Waals surface area contributed by atoms with Crippen LogP contribution in [0.15, 0.2) is 18.3 Å². The molecule has 0 aliphatic carbocycles. The Balaban J connectivity index is 2.03. The molecular formula is C19H25N3O2S. The van der Waals surface area contributed by atoms with Gasteiger partial charge in [-0.05, 0) is 24.5 Å². The minimum Gasteiger partial charge on any atom is -0.344 e. The molecule has 0 spiro atoms. The van der Waals surface area contributed by atoms with Gasteiger partial charge < -0.3 is 9.80 Å². The predicted molar refractivity (Wildman–Crippen MR) is 101 cm³/mol. The van der Waals surface area contributed by atoms with Crippen LogP contribution in [0.2, 0.25) is 0 Å². The van der Waals surface area contributed by atoms with Gasteiger partial charge in [-0.2, -0.15) is 0 Å². The summed E-state index contributed by atoms with van der Waals surface area (Å²) >= 11 is 1.46. The second kappa shape index (κ2) is 7.12. The first-order valence-electron chi connectivity index (χ1n) is 8.78. The fourth-order valence-electron chi connectivity index (χ4n) is 3.50. The van der Waals surface area contributed by atoms with E-state index in [1.165, 1.54) is 11.3 Å². The van der Waals surface area contributed by atoms with E-state index in [0.29, 0.717) is 6.54 Å². The number of thiophene rings is 1. The molecule has 3 rings (SSSR count). The zero-order chi connectivity index (χ0) is 18.1. The van der Waals surface area contributed by atoms with Crippen LogP contribution in [-0.4, -0.2) is 53.8 Å². The highest BCUT2D eigenvalue weighted by molar-refractivity contribution is 7.20. The number of piperidine rings is 1. The first-order chi connectivity index (χ1) is 11.9. The van der Waals surface area contributed by atoms with Crippen molar-refractivity contribution in [1.82, 2.24) is 14.8 Å². The van der Waals surface area contributed by atoms with E-state index >= 15 is 0 Å². The molecule has 1 aliphatic rings. The Kier molecular flexibility index (Phi) is 5.08. The molecule has 3 heterocycles. The number of hydrogen-bond donors (Lipinski definition) is 0. The highest BCUT2D eigenvalue weighted by Gasteiger charge is 2.31. The lowest BCUT2D eigenvalue weighted by Crippen LogP contribution is -2.41. The van der Waals surface area contributed by atoms with Gasteiger partial charge in [0.2, 0.25) is 5.91 Å². The summed E-state index contributed by atoms with van der Waals surface area (Å²) in [7, 11) is 3.55. The van der Waals surface area contributed by atoms with Gasteiger partial charge in [0.05, 0.1) is 4.88 Å². The Hall–Kier alpha value is -1.95. The van der Waals surface area contributed by atoms with Crippen molar-refractivity contribution in [2.45, 2.75) is 32.6 Å². The van der Waals surface area contributed by atoms with Gasteiger partial charge in [-0.25, -0.2) is 4.98 Å². The van der Waals surface area contributed by atoms with Crippen LogP contribution >= 0.6 is 11.3 Å². The summed E-state index contributed by atoms with van der Waals surface area (Å²) in [6.07, 6.45) is 3.73. The molecule has 2 aromatic heterocycles. The Labute approximate surface area is 152 Å². The minimum atomic E-state index is 0.00233. The van der Waals surface area contributed by atoms with Crippen molar-refractivity contribution in [2.24, 2.45) is 5.92 Å².